The van der Waals surface area contributed by atoms with E-state index in [9.17, 15) is 8.60 Å². The molecule has 1 N–H and O–H groups in total. The van der Waals surface area contributed by atoms with Crippen LogP contribution in [0.15, 0.2) is 59.2 Å². The number of hydrogen-bond donors (Lipinski definition) is 1. The molecule has 184 valence electrons. The summed E-state index contributed by atoms with van der Waals surface area (Å²) < 4.78 is 32.6. The molecule has 0 saturated heterocycles. The first-order chi connectivity index (χ1) is 17.2. The summed E-state index contributed by atoms with van der Waals surface area (Å²) in [6, 6.07) is 9.46. The van der Waals surface area contributed by atoms with Crippen LogP contribution >= 0.6 is 0 Å². The molecule has 4 heterocycles. The van der Waals surface area contributed by atoms with Gasteiger partial charge in [0.25, 0.3) is 0 Å². The zero-order valence-corrected chi connectivity index (χ0v) is 21.1. The Labute approximate surface area is 209 Å². The normalized spacial score (nSPS) is 17.3. The number of aromatic nitrogens is 4. The quantitative estimate of drug-likeness (QED) is 0.406. The summed E-state index contributed by atoms with van der Waals surface area (Å²) in [6.45, 7) is 1.92. The summed E-state index contributed by atoms with van der Waals surface area (Å²) in [4.78, 5) is 15.8. The van der Waals surface area contributed by atoms with Crippen molar-refractivity contribution < 1.29 is 8.60 Å². The molecular formula is C26H26FN7OS. The van der Waals surface area contributed by atoms with Crippen LogP contribution in [-0.4, -0.2) is 54.7 Å². The van der Waals surface area contributed by atoms with Crippen molar-refractivity contribution in [2.45, 2.75) is 18.9 Å². The predicted molar refractivity (Wildman–Crippen MR) is 140 cm³/mol. The SMILES string of the molecule is CN1Cc2cc(Nc3ncc4c(F)cn(-c5cccc(N=S(C)(C)=O)n5)c4n3)cc3c2C(C=CC3)C1. The fourth-order valence-electron chi connectivity index (χ4n) is 5.08. The van der Waals surface area contributed by atoms with Crippen molar-refractivity contribution in [3.8, 4) is 5.82 Å². The third kappa shape index (κ3) is 4.27. The molecule has 1 aromatic carbocycles. The van der Waals surface area contributed by atoms with Crippen LogP contribution in [0.25, 0.3) is 16.9 Å². The van der Waals surface area contributed by atoms with E-state index in [1.165, 1.54) is 29.1 Å². The number of rotatable bonds is 4. The van der Waals surface area contributed by atoms with Gasteiger partial charge in [0.05, 0.1) is 5.39 Å². The number of benzene rings is 1. The lowest BCUT2D eigenvalue weighted by molar-refractivity contribution is 0.296. The number of anilines is 2. The summed E-state index contributed by atoms with van der Waals surface area (Å²) in [6.07, 6.45) is 11.3. The average molecular weight is 504 g/mol. The van der Waals surface area contributed by atoms with E-state index in [0.717, 1.165) is 25.2 Å². The predicted octanol–water partition coefficient (Wildman–Crippen LogP) is 4.70. The topological polar surface area (TPSA) is 88.3 Å². The number of halogens is 1. The van der Waals surface area contributed by atoms with Crippen LogP contribution in [-0.2, 0) is 22.7 Å². The Hall–Kier alpha value is -3.63. The molecule has 4 aromatic rings. The van der Waals surface area contributed by atoms with Crippen molar-refractivity contribution in [2.75, 3.05) is 31.4 Å². The minimum Gasteiger partial charge on any atom is -0.324 e. The lowest BCUT2D eigenvalue weighted by Crippen LogP contribution is -2.31. The van der Waals surface area contributed by atoms with E-state index in [1.54, 1.807) is 35.3 Å². The number of fused-ring (bicyclic) bond motifs is 1. The Bertz CT molecular complexity index is 1660. The number of hydrogen-bond acceptors (Lipinski definition) is 7. The molecule has 36 heavy (non-hydrogen) atoms. The number of pyridine rings is 1. The molecule has 0 bridgehead atoms. The van der Waals surface area contributed by atoms with Crippen molar-refractivity contribution in [2.24, 2.45) is 4.36 Å². The van der Waals surface area contributed by atoms with E-state index in [4.69, 9.17) is 0 Å². The maximum atomic E-state index is 14.8. The molecule has 1 atom stereocenters. The van der Waals surface area contributed by atoms with Crippen LogP contribution in [0.1, 0.15) is 22.6 Å². The van der Waals surface area contributed by atoms with E-state index in [-0.39, 0.29) is 5.39 Å². The first-order valence-corrected chi connectivity index (χ1v) is 14.0. The van der Waals surface area contributed by atoms with Crippen molar-refractivity contribution in [1.29, 1.82) is 0 Å². The fourth-order valence-corrected chi connectivity index (χ4v) is 5.63. The van der Waals surface area contributed by atoms with Crippen molar-refractivity contribution in [3.05, 3.63) is 77.4 Å². The van der Waals surface area contributed by atoms with Crippen LogP contribution in [0.3, 0.4) is 0 Å². The van der Waals surface area contributed by atoms with Crippen LogP contribution in [0.2, 0.25) is 0 Å². The summed E-state index contributed by atoms with van der Waals surface area (Å²) in [7, 11) is -0.244. The zero-order chi connectivity index (χ0) is 25.0. The van der Waals surface area contributed by atoms with Gasteiger partial charge in [-0.15, -0.1) is 0 Å². The third-order valence-corrected chi connectivity index (χ3v) is 7.04. The molecule has 1 unspecified atom stereocenters. The minimum absolute atomic E-state index is 0.287. The van der Waals surface area contributed by atoms with Crippen LogP contribution in [0, 0.1) is 5.82 Å². The van der Waals surface area contributed by atoms with E-state index in [1.807, 2.05) is 0 Å². The molecule has 3 aromatic heterocycles. The van der Waals surface area contributed by atoms with E-state index in [0.29, 0.717) is 29.1 Å². The molecule has 10 heteroatoms. The monoisotopic (exact) mass is 503 g/mol. The molecule has 0 fully saturated rings. The molecule has 6 rings (SSSR count). The van der Waals surface area contributed by atoms with Crippen LogP contribution < -0.4 is 5.32 Å². The fraction of sp³-hybridized carbons (Fsp3) is 0.269. The van der Waals surface area contributed by atoms with Gasteiger partial charge in [0, 0.05) is 59.3 Å². The minimum atomic E-state index is -2.38. The number of nitrogens with one attached hydrogen (secondary N) is 1. The molecule has 0 radical (unpaired) electrons. The molecule has 8 nitrogen and oxygen atoms in total. The first-order valence-electron chi connectivity index (χ1n) is 11.7. The second-order valence-electron chi connectivity index (χ2n) is 9.67. The molecule has 0 saturated carbocycles. The Balaban J connectivity index is 1.39. The summed E-state index contributed by atoms with van der Waals surface area (Å²) in [5, 5.41) is 3.61. The molecule has 0 amide bonds. The van der Waals surface area contributed by atoms with Crippen LogP contribution in [0.5, 0.6) is 0 Å². The van der Waals surface area contributed by atoms with Crippen molar-refractivity contribution in [1.82, 2.24) is 24.4 Å². The number of allylic oxidation sites excluding steroid dienone is 1. The molecule has 0 spiro atoms. The first kappa shape index (κ1) is 22.8. The van der Waals surface area contributed by atoms with Gasteiger partial charge in [0.15, 0.2) is 17.3 Å². The number of nitrogens with zero attached hydrogens (tertiary/aromatic N) is 6. The second-order valence-corrected chi connectivity index (χ2v) is 12.2. The highest BCUT2D eigenvalue weighted by molar-refractivity contribution is 7.92. The molecule has 2 aliphatic rings. The highest BCUT2D eigenvalue weighted by Gasteiger charge is 2.26. The Morgan fingerprint density at radius 3 is 2.86 bits per heavy atom. The lowest BCUT2D eigenvalue weighted by atomic mass is 9.81. The Morgan fingerprint density at radius 1 is 1.19 bits per heavy atom. The number of likely N-dealkylation sites (N-methyl/N-ethyl adjacent to an activating group) is 1. The van der Waals surface area contributed by atoms with Gasteiger partial charge in [0.2, 0.25) is 5.95 Å². The second kappa shape index (κ2) is 8.49. The maximum absolute atomic E-state index is 14.8. The lowest BCUT2D eigenvalue weighted by Gasteiger charge is -2.34. The van der Waals surface area contributed by atoms with Gasteiger partial charge >= 0.3 is 0 Å². The zero-order valence-electron chi connectivity index (χ0n) is 20.3. The van der Waals surface area contributed by atoms with E-state index in [2.05, 4.69) is 60.9 Å². The average Bonchev–Trinajstić information content (AvgIpc) is 3.14. The van der Waals surface area contributed by atoms with Crippen LogP contribution in [0.4, 0.5) is 21.8 Å². The van der Waals surface area contributed by atoms with Crippen molar-refractivity contribution in [3.63, 3.8) is 0 Å². The smallest absolute Gasteiger partial charge is 0.229 e. The molecule has 1 aliphatic carbocycles. The summed E-state index contributed by atoms with van der Waals surface area (Å²) in [5.74, 6) is 1.09. The van der Waals surface area contributed by atoms with E-state index < -0.39 is 15.5 Å². The highest BCUT2D eigenvalue weighted by Crippen LogP contribution is 2.37. The highest BCUT2D eigenvalue weighted by atomic mass is 32.2. The maximum Gasteiger partial charge on any atom is 0.229 e. The van der Waals surface area contributed by atoms with Gasteiger partial charge in [-0.2, -0.15) is 9.35 Å². The Kier molecular flexibility index (Phi) is 5.38. The molecular weight excluding hydrogens is 477 g/mol. The molecule has 1 aliphatic heterocycles. The van der Waals surface area contributed by atoms with Gasteiger partial charge in [0.1, 0.15) is 5.82 Å². The van der Waals surface area contributed by atoms with Gasteiger partial charge in [-0.05, 0) is 54.4 Å². The van der Waals surface area contributed by atoms with Gasteiger partial charge in [-0.25, -0.2) is 18.6 Å². The van der Waals surface area contributed by atoms with Gasteiger partial charge in [-0.1, -0.05) is 18.2 Å². The van der Waals surface area contributed by atoms with Crippen molar-refractivity contribution >= 4 is 38.2 Å². The summed E-state index contributed by atoms with van der Waals surface area (Å²) in [5.41, 5.74) is 5.35. The third-order valence-electron chi connectivity index (χ3n) is 6.41. The largest absolute Gasteiger partial charge is 0.324 e. The standard InChI is InChI=1S/C26H26FN7OS/c1-33-13-17-7-4-6-16-10-19(11-18(14-33)24(16)17)29-26-28-12-20-21(27)15-34(25(20)31-26)23-9-5-8-22(30-23)32-36(2,3)35/h4-5,7-12,15,17H,6,13-14H2,1-3H3,(H,28,29,31). The summed E-state index contributed by atoms with van der Waals surface area (Å²) >= 11 is 0. The van der Waals surface area contributed by atoms with E-state index >= 15 is 0 Å². The van der Waals surface area contributed by atoms with Gasteiger partial charge in [-0.3, -0.25) is 4.57 Å². The van der Waals surface area contributed by atoms with Gasteiger partial charge < -0.3 is 10.2 Å². The Morgan fingerprint density at radius 2 is 2.03 bits per heavy atom.